The highest BCUT2D eigenvalue weighted by Crippen LogP contribution is 2.36. The van der Waals surface area contributed by atoms with Gasteiger partial charge >= 0.3 is 6.18 Å². The number of anilines is 1. The molecule has 2 atom stereocenters. The van der Waals surface area contributed by atoms with E-state index in [0.29, 0.717) is 11.6 Å². The highest BCUT2D eigenvalue weighted by atomic mass is 19.4. The molecule has 1 aromatic rings. The Bertz CT molecular complexity index is 852. The highest BCUT2D eigenvalue weighted by molar-refractivity contribution is 5.89. The normalized spacial score (nSPS) is 28.4. The molecular weight excluding hydrogens is 429 g/mol. The molecule has 1 N–H and O–H groups in total. The molecule has 1 aliphatic carbocycles. The number of ketones is 1. The van der Waals surface area contributed by atoms with Crippen molar-refractivity contribution >= 4 is 11.5 Å². The summed E-state index contributed by atoms with van der Waals surface area (Å²) in [5, 5.41) is 11.9. The first-order valence-corrected chi connectivity index (χ1v) is 12.1. The smallest absolute Gasteiger partial charge is 0.369 e. The van der Waals surface area contributed by atoms with Gasteiger partial charge in [0.05, 0.1) is 24.1 Å². The van der Waals surface area contributed by atoms with E-state index in [1.54, 1.807) is 6.07 Å². The van der Waals surface area contributed by atoms with Crippen LogP contribution in [0.25, 0.3) is 0 Å². The number of nitrogens with zero attached hydrogens (tertiary/aromatic N) is 3. The molecule has 0 spiro atoms. The molecule has 180 valence electrons. The molecule has 2 heterocycles. The lowest BCUT2D eigenvalue weighted by Gasteiger charge is -2.37. The van der Waals surface area contributed by atoms with Gasteiger partial charge in [0.25, 0.3) is 0 Å². The molecule has 4 rings (SSSR count). The van der Waals surface area contributed by atoms with Crippen molar-refractivity contribution in [2.24, 2.45) is 11.8 Å². The zero-order valence-electron chi connectivity index (χ0n) is 19.0. The molecule has 0 bridgehead atoms. The molecule has 0 radical (unpaired) electrons. The Labute approximate surface area is 193 Å². The Balaban J connectivity index is 1.13. The topological polar surface area (TPSA) is 69.3 Å². The molecule has 3 aliphatic rings. The van der Waals surface area contributed by atoms with E-state index in [1.807, 2.05) is 6.07 Å². The molecule has 1 saturated carbocycles. The van der Waals surface area contributed by atoms with Gasteiger partial charge in [-0.25, -0.2) is 0 Å². The van der Waals surface area contributed by atoms with Crippen LogP contribution in [0.15, 0.2) is 24.3 Å². The third kappa shape index (κ3) is 6.48. The van der Waals surface area contributed by atoms with Crippen LogP contribution in [0.5, 0.6) is 0 Å². The van der Waals surface area contributed by atoms with Gasteiger partial charge in [-0.3, -0.25) is 9.69 Å². The quantitative estimate of drug-likeness (QED) is 0.586. The monoisotopic (exact) mass is 462 g/mol. The highest BCUT2D eigenvalue weighted by Gasteiger charge is 2.42. The SMILES string of the molecule is N#CCC(=O)C1NC1CC1CCC(CCN2CCN(c3cccc(C(F)(F)F)c3)CC2)CC1. The summed E-state index contributed by atoms with van der Waals surface area (Å²) in [6.07, 6.45) is 2.83. The first kappa shape index (κ1) is 24.0. The van der Waals surface area contributed by atoms with E-state index in [1.165, 1.54) is 44.2 Å². The summed E-state index contributed by atoms with van der Waals surface area (Å²) in [6.45, 7) is 4.34. The molecule has 3 fully saturated rings. The maximum absolute atomic E-state index is 13.0. The second-order valence-electron chi connectivity index (χ2n) is 9.84. The Morgan fingerprint density at radius 3 is 2.45 bits per heavy atom. The van der Waals surface area contributed by atoms with Gasteiger partial charge in [0, 0.05) is 37.9 Å². The van der Waals surface area contributed by atoms with Crippen LogP contribution in [-0.2, 0) is 11.0 Å². The zero-order chi connectivity index (χ0) is 23.4. The molecule has 2 saturated heterocycles. The number of rotatable bonds is 8. The summed E-state index contributed by atoms with van der Waals surface area (Å²) >= 11 is 0. The minimum Gasteiger partial charge on any atom is -0.369 e. The van der Waals surface area contributed by atoms with Crippen LogP contribution in [-0.4, -0.2) is 55.5 Å². The number of carbonyl (C=O) groups is 1. The average molecular weight is 463 g/mol. The first-order valence-electron chi connectivity index (χ1n) is 12.1. The average Bonchev–Trinajstić information content (AvgIpc) is 3.58. The maximum atomic E-state index is 13.0. The number of benzene rings is 1. The molecule has 2 aliphatic heterocycles. The fourth-order valence-electron chi connectivity index (χ4n) is 5.47. The van der Waals surface area contributed by atoms with Crippen molar-refractivity contribution in [2.75, 3.05) is 37.6 Å². The largest absolute Gasteiger partial charge is 0.416 e. The van der Waals surface area contributed by atoms with Crippen molar-refractivity contribution in [3.8, 4) is 6.07 Å². The number of hydrogen-bond donors (Lipinski definition) is 1. The first-order chi connectivity index (χ1) is 15.8. The van der Waals surface area contributed by atoms with E-state index in [-0.39, 0.29) is 24.3 Å². The lowest BCUT2D eigenvalue weighted by molar-refractivity contribution is -0.137. The molecule has 1 aromatic carbocycles. The van der Waals surface area contributed by atoms with E-state index in [2.05, 4.69) is 15.1 Å². The Morgan fingerprint density at radius 1 is 1.09 bits per heavy atom. The van der Waals surface area contributed by atoms with Crippen molar-refractivity contribution < 1.29 is 18.0 Å². The number of alkyl halides is 3. The Kier molecular flexibility index (Phi) is 7.60. The summed E-state index contributed by atoms with van der Waals surface area (Å²) in [6, 6.07) is 7.77. The van der Waals surface area contributed by atoms with Gasteiger partial charge in [-0.15, -0.1) is 0 Å². The summed E-state index contributed by atoms with van der Waals surface area (Å²) < 4.78 is 39.0. The standard InChI is InChI=1S/C25H33F3N4O/c26-25(27,28)20-2-1-3-21(17-20)32-14-12-31(13-15-32)11-9-18-4-6-19(7-5-18)16-22-24(30-22)23(33)8-10-29/h1-3,17-19,22,24,30H,4-9,11-16H2. The predicted octanol–water partition coefficient (Wildman–Crippen LogP) is 4.24. The fraction of sp³-hybridized carbons (Fsp3) is 0.680. The third-order valence-corrected chi connectivity index (χ3v) is 7.61. The summed E-state index contributed by atoms with van der Waals surface area (Å²) in [4.78, 5) is 16.3. The molecule has 0 amide bonds. The number of hydrogen-bond acceptors (Lipinski definition) is 5. The minimum absolute atomic E-state index is 0.00904. The second-order valence-corrected chi connectivity index (χ2v) is 9.84. The minimum atomic E-state index is -4.30. The number of Topliss-reactive ketones (excluding diaryl/α,β-unsaturated/α-hetero) is 1. The van der Waals surface area contributed by atoms with Crippen LogP contribution in [0.3, 0.4) is 0 Å². The van der Waals surface area contributed by atoms with Crippen LogP contribution >= 0.6 is 0 Å². The number of halogens is 3. The van der Waals surface area contributed by atoms with Crippen LogP contribution < -0.4 is 10.2 Å². The molecule has 8 heteroatoms. The van der Waals surface area contributed by atoms with Crippen LogP contribution in [0.1, 0.15) is 50.5 Å². The van der Waals surface area contributed by atoms with Gasteiger partial charge < -0.3 is 10.2 Å². The summed E-state index contributed by atoms with van der Waals surface area (Å²) in [7, 11) is 0. The van der Waals surface area contributed by atoms with E-state index in [9.17, 15) is 18.0 Å². The molecule has 0 aromatic heterocycles. The third-order valence-electron chi connectivity index (χ3n) is 7.61. The van der Waals surface area contributed by atoms with Crippen molar-refractivity contribution in [2.45, 2.75) is 63.2 Å². The van der Waals surface area contributed by atoms with Gasteiger partial charge in [-0.05, 0) is 49.4 Å². The number of nitrogens with one attached hydrogen (secondary N) is 1. The predicted molar refractivity (Wildman–Crippen MR) is 121 cm³/mol. The molecule has 2 unspecified atom stereocenters. The van der Waals surface area contributed by atoms with Crippen LogP contribution in [0.2, 0.25) is 0 Å². The van der Waals surface area contributed by atoms with Crippen molar-refractivity contribution in [3.63, 3.8) is 0 Å². The lowest BCUT2D eigenvalue weighted by atomic mass is 9.78. The van der Waals surface area contributed by atoms with E-state index in [4.69, 9.17) is 5.26 Å². The maximum Gasteiger partial charge on any atom is 0.416 e. The molecule has 33 heavy (non-hydrogen) atoms. The van der Waals surface area contributed by atoms with Crippen molar-refractivity contribution in [1.82, 2.24) is 10.2 Å². The Hall–Kier alpha value is -2.11. The van der Waals surface area contributed by atoms with E-state index in [0.717, 1.165) is 51.1 Å². The van der Waals surface area contributed by atoms with Crippen LogP contribution in [0, 0.1) is 23.2 Å². The van der Waals surface area contributed by atoms with Gasteiger partial charge in [0.15, 0.2) is 5.78 Å². The van der Waals surface area contributed by atoms with Crippen LogP contribution in [0.4, 0.5) is 18.9 Å². The Morgan fingerprint density at radius 2 is 1.79 bits per heavy atom. The number of carbonyl (C=O) groups excluding carboxylic acids is 1. The van der Waals surface area contributed by atoms with Crippen molar-refractivity contribution in [1.29, 1.82) is 5.26 Å². The second kappa shape index (κ2) is 10.4. The molecular formula is C25H33F3N4O. The number of piperazine rings is 1. The van der Waals surface area contributed by atoms with Gasteiger partial charge in [0.1, 0.15) is 0 Å². The van der Waals surface area contributed by atoms with Gasteiger partial charge in [-0.1, -0.05) is 31.7 Å². The summed E-state index contributed by atoms with van der Waals surface area (Å²) in [5.41, 5.74) is 0.0734. The number of nitriles is 1. The summed E-state index contributed by atoms with van der Waals surface area (Å²) in [5.74, 6) is 1.45. The van der Waals surface area contributed by atoms with Gasteiger partial charge in [0.2, 0.25) is 0 Å². The van der Waals surface area contributed by atoms with Gasteiger partial charge in [-0.2, -0.15) is 18.4 Å². The lowest BCUT2D eigenvalue weighted by Crippen LogP contribution is -2.47. The van der Waals surface area contributed by atoms with E-state index < -0.39 is 11.7 Å². The zero-order valence-corrected chi connectivity index (χ0v) is 19.0. The fourth-order valence-corrected chi connectivity index (χ4v) is 5.47. The van der Waals surface area contributed by atoms with Crippen molar-refractivity contribution in [3.05, 3.63) is 29.8 Å². The molecule has 5 nitrogen and oxygen atoms in total. The van der Waals surface area contributed by atoms with E-state index >= 15 is 0 Å².